The van der Waals surface area contributed by atoms with E-state index in [1.54, 1.807) is 6.92 Å². The Labute approximate surface area is 100 Å². The van der Waals surface area contributed by atoms with Gasteiger partial charge in [0.05, 0.1) is 24.3 Å². The van der Waals surface area contributed by atoms with Crippen LogP contribution in [0.5, 0.6) is 0 Å². The van der Waals surface area contributed by atoms with Crippen molar-refractivity contribution < 1.29 is 4.74 Å². The van der Waals surface area contributed by atoms with E-state index in [1.165, 1.54) is 0 Å². The van der Waals surface area contributed by atoms with Gasteiger partial charge in [-0.2, -0.15) is 0 Å². The van der Waals surface area contributed by atoms with Crippen LogP contribution in [0.15, 0.2) is 12.1 Å². The van der Waals surface area contributed by atoms with Crippen molar-refractivity contribution in [3.05, 3.63) is 28.3 Å². The van der Waals surface area contributed by atoms with Crippen molar-refractivity contribution in [1.82, 2.24) is 0 Å². The van der Waals surface area contributed by atoms with Crippen molar-refractivity contribution in [2.75, 3.05) is 18.5 Å². The third-order valence-electron chi connectivity index (χ3n) is 2.61. The van der Waals surface area contributed by atoms with Crippen molar-refractivity contribution >= 4 is 23.0 Å². The van der Waals surface area contributed by atoms with Gasteiger partial charge in [0.15, 0.2) is 0 Å². The molecule has 2 rings (SSSR count). The summed E-state index contributed by atoms with van der Waals surface area (Å²) in [6.07, 6.45) is 0. The summed E-state index contributed by atoms with van der Waals surface area (Å²) in [5.41, 5.74) is 3.30. The third kappa shape index (κ3) is 2.20. The lowest BCUT2D eigenvalue weighted by Gasteiger charge is -2.29. The first kappa shape index (κ1) is 11.4. The standard InChI is InChI=1S/C12H15ClN2O/c1-7-3-10(13)12(8(2)14)11(4-7)15-9-5-16-6-9/h3-4,9,14-15H,5-6H2,1-2H3. The zero-order chi connectivity index (χ0) is 11.7. The molecule has 0 saturated carbocycles. The Balaban J connectivity index is 2.35. The topological polar surface area (TPSA) is 45.1 Å². The van der Waals surface area contributed by atoms with Crippen LogP contribution in [0.4, 0.5) is 5.69 Å². The van der Waals surface area contributed by atoms with E-state index in [2.05, 4.69) is 5.32 Å². The maximum atomic E-state index is 7.75. The highest BCUT2D eigenvalue weighted by atomic mass is 35.5. The number of benzene rings is 1. The van der Waals surface area contributed by atoms with Crippen LogP contribution in [0.1, 0.15) is 18.1 Å². The molecule has 1 aromatic rings. The van der Waals surface area contributed by atoms with Gasteiger partial charge in [-0.1, -0.05) is 11.6 Å². The van der Waals surface area contributed by atoms with Crippen molar-refractivity contribution in [2.45, 2.75) is 19.9 Å². The van der Waals surface area contributed by atoms with E-state index >= 15 is 0 Å². The molecule has 0 atom stereocenters. The van der Waals surface area contributed by atoms with Crippen molar-refractivity contribution in [1.29, 1.82) is 5.41 Å². The second kappa shape index (κ2) is 4.44. The normalized spacial score (nSPS) is 15.7. The molecule has 0 radical (unpaired) electrons. The van der Waals surface area contributed by atoms with Gasteiger partial charge >= 0.3 is 0 Å². The molecule has 86 valence electrons. The molecule has 0 aromatic heterocycles. The van der Waals surface area contributed by atoms with E-state index in [1.807, 2.05) is 19.1 Å². The zero-order valence-corrected chi connectivity index (χ0v) is 10.2. The van der Waals surface area contributed by atoms with Crippen LogP contribution in [-0.4, -0.2) is 25.0 Å². The summed E-state index contributed by atoms with van der Waals surface area (Å²) in [4.78, 5) is 0. The van der Waals surface area contributed by atoms with Gasteiger partial charge in [0.2, 0.25) is 0 Å². The molecule has 3 nitrogen and oxygen atoms in total. The van der Waals surface area contributed by atoms with Gasteiger partial charge in [-0.05, 0) is 31.5 Å². The predicted octanol–water partition coefficient (Wildman–Crippen LogP) is 2.85. The molecule has 1 saturated heterocycles. The number of halogens is 1. The molecule has 1 aliphatic rings. The summed E-state index contributed by atoms with van der Waals surface area (Å²) in [7, 11) is 0. The molecule has 0 amide bonds. The Morgan fingerprint density at radius 2 is 2.19 bits per heavy atom. The highest BCUT2D eigenvalue weighted by molar-refractivity contribution is 6.35. The molecule has 1 aromatic carbocycles. The first-order chi connectivity index (χ1) is 7.58. The molecule has 1 fully saturated rings. The minimum Gasteiger partial charge on any atom is -0.377 e. The van der Waals surface area contributed by atoms with Crippen LogP contribution in [-0.2, 0) is 4.74 Å². The number of ether oxygens (including phenoxy) is 1. The highest BCUT2D eigenvalue weighted by Gasteiger charge is 2.20. The minimum atomic E-state index is 0.343. The summed E-state index contributed by atoms with van der Waals surface area (Å²) < 4.78 is 5.12. The molecule has 1 aliphatic heterocycles. The van der Waals surface area contributed by atoms with E-state index in [0.29, 0.717) is 16.8 Å². The van der Waals surface area contributed by atoms with Crippen molar-refractivity contribution in [3.63, 3.8) is 0 Å². The van der Waals surface area contributed by atoms with E-state index in [9.17, 15) is 0 Å². The Hall–Kier alpha value is -1.06. The zero-order valence-electron chi connectivity index (χ0n) is 9.43. The number of nitrogens with one attached hydrogen (secondary N) is 2. The van der Waals surface area contributed by atoms with Gasteiger partial charge in [-0.3, -0.25) is 0 Å². The SMILES string of the molecule is CC(=N)c1c(Cl)cc(C)cc1NC1COC1. The van der Waals surface area contributed by atoms with Crippen LogP contribution in [0.2, 0.25) is 5.02 Å². The molecule has 1 heterocycles. The van der Waals surface area contributed by atoms with Crippen molar-refractivity contribution in [2.24, 2.45) is 0 Å². The molecule has 0 spiro atoms. The van der Waals surface area contributed by atoms with Gasteiger partial charge < -0.3 is 15.5 Å². The molecule has 2 N–H and O–H groups in total. The summed E-state index contributed by atoms with van der Waals surface area (Å²) in [5, 5.41) is 11.7. The fourth-order valence-electron chi connectivity index (χ4n) is 1.78. The summed E-state index contributed by atoms with van der Waals surface area (Å²) in [6.45, 7) is 5.19. The Kier molecular flexibility index (Phi) is 3.17. The smallest absolute Gasteiger partial charge is 0.0728 e. The summed E-state index contributed by atoms with van der Waals surface area (Å²) in [6, 6.07) is 4.26. The van der Waals surface area contributed by atoms with E-state index in [0.717, 1.165) is 30.0 Å². The second-order valence-corrected chi connectivity index (χ2v) is 4.58. The fraction of sp³-hybridized carbons (Fsp3) is 0.417. The van der Waals surface area contributed by atoms with Gasteiger partial charge in [0, 0.05) is 17.0 Å². The lowest BCUT2D eigenvalue weighted by Crippen LogP contribution is -2.40. The molecule has 0 unspecified atom stereocenters. The van der Waals surface area contributed by atoms with E-state index in [4.69, 9.17) is 21.7 Å². The fourth-order valence-corrected chi connectivity index (χ4v) is 2.19. The van der Waals surface area contributed by atoms with Gasteiger partial charge in [-0.25, -0.2) is 0 Å². The Morgan fingerprint density at radius 3 is 2.69 bits per heavy atom. The van der Waals surface area contributed by atoms with Gasteiger partial charge in [0.25, 0.3) is 0 Å². The van der Waals surface area contributed by atoms with Gasteiger partial charge in [0.1, 0.15) is 0 Å². The highest BCUT2D eigenvalue weighted by Crippen LogP contribution is 2.28. The first-order valence-corrected chi connectivity index (χ1v) is 5.65. The predicted molar refractivity (Wildman–Crippen MR) is 66.9 cm³/mol. The lowest BCUT2D eigenvalue weighted by molar-refractivity contribution is 0.0211. The third-order valence-corrected chi connectivity index (χ3v) is 2.91. The van der Waals surface area contributed by atoms with Crippen LogP contribution in [0.3, 0.4) is 0 Å². The summed E-state index contributed by atoms with van der Waals surface area (Å²) >= 11 is 6.16. The van der Waals surface area contributed by atoms with Crippen LogP contribution < -0.4 is 5.32 Å². The quantitative estimate of drug-likeness (QED) is 0.796. The average molecular weight is 239 g/mol. The monoisotopic (exact) mass is 238 g/mol. The number of rotatable bonds is 3. The van der Waals surface area contributed by atoms with Crippen molar-refractivity contribution in [3.8, 4) is 0 Å². The minimum absolute atomic E-state index is 0.343. The molecule has 0 bridgehead atoms. The maximum absolute atomic E-state index is 7.75. The molecule has 0 aliphatic carbocycles. The second-order valence-electron chi connectivity index (χ2n) is 4.17. The van der Waals surface area contributed by atoms with E-state index in [-0.39, 0.29) is 0 Å². The Bertz CT molecular complexity index is 427. The maximum Gasteiger partial charge on any atom is 0.0728 e. The molecule has 16 heavy (non-hydrogen) atoms. The number of hydrogen-bond donors (Lipinski definition) is 2. The van der Waals surface area contributed by atoms with E-state index < -0.39 is 0 Å². The number of aryl methyl sites for hydroxylation is 1. The van der Waals surface area contributed by atoms with Crippen LogP contribution >= 0.6 is 11.6 Å². The van der Waals surface area contributed by atoms with Crippen LogP contribution in [0, 0.1) is 12.3 Å². The number of anilines is 1. The molecule has 4 heteroatoms. The van der Waals surface area contributed by atoms with Crippen LogP contribution in [0.25, 0.3) is 0 Å². The Morgan fingerprint density at radius 1 is 1.50 bits per heavy atom. The first-order valence-electron chi connectivity index (χ1n) is 5.28. The summed E-state index contributed by atoms with van der Waals surface area (Å²) in [5.74, 6) is 0. The number of hydrogen-bond acceptors (Lipinski definition) is 3. The lowest BCUT2D eigenvalue weighted by atomic mass is 10.0. The van der Waals surface area contributed by atoms with Gasteiger partial charge in [-0.15, -0.1) is 0 Å². The largest absolute Gasteiger partial charge is 0.377 e. The molecular formula is C12H15ClN2O. The molecular weight excluding hydrogens is 224 g/mol. The average Bonchev–Trinajstić information content (AvgIpc) is 2.09.